The second kappa shape index (κ2) is 9.87. The number of anilines is 2. The lowest BCUT2D eigenvalue weighted by atomic mass is 10.2. The predicted molar refractivity (Wildman–Crippen MR) is 131 cm³/mol. The van der Waals surface area contributed by atoms with E-state index in [1.807, 2.05) is 0 Å². The van der Waals surface area contributed by atoms with E-state index in [4.69, 9.17) is 27.9 Å². The molecular formula is C24H18Cl2N2O4S. The first-order valence-corrected chi connectivity index (χ1v) is 11.5. The van der Waals surface area contributed by atoms with Crippen molar-refractivity contribution in [3.63, 3.8) is 0 Å². The SMILES string of the molecule is COc1ccc(N2C(=O)CC(Sc3ccc(NC(=O)c4ccc(Cl)cc4Cl)cc3)C2=O)cc1. The van der Waals surface area contributed by atoms with Crippen LogP contribution in [0.2, 0.25) is 10.0 Å². The Morgan fingerprint density at radius 2 is 1.73 bits per heavy atom. The minimum atomic E-state index is -0.520. The maximum atomic E-state index is 12.9. The van der Waals surface area contributed by atoms with Gasteiger partial charge in [-0.25, -0.2) is 4.90 Å². The first-order valence-electron chi connectivity index (χ1n) is 9.89. The number of rotatable bonds is 6. The molecular weight excluding hydrogens is 483 g/mol. The van der Waals surface area contributed by atoms with Crippen molar-refractivity contribution >= 4 is 64.1 Å². The molecule has 0 radical (unpaired) electrons. The van der Waals surface area contributed by atoms with Gasteiger partial charge in [0.25, 0.3) is 5.91 Å². The van der Waals surface area contributed by atoms with Gasteiger partial charge in [0.1, 0.15) is 5.75 Å². The van der Waals surface area contributed by atoms with Crippen molar-refractivity contribution in [2.75, 3.05) is 17.3 Å². The minimum absolute atomic E-state index is 0.114. The van der Waals surface area contributed by atoms with Crippen LogP contribution in [0.15, 0.2) is 71.6 Å². The molecule has 3 amide bonds. The van der Waals surface area contributed by atoms with E-state index in [-0.39, 0.29) is 29.2 Å². The molecule has 1 fully saturated rings. The fourth-order valence-corrected chi connectivity index (χ4v) is 4.90. The molecule has 3 aromatic carbocycles. The number of nitrogens with zero attached hydrogens (tertiary/aromatic N) is 1. The normalized spacial score (nSPS) is 15.6. The average Bonchev–Trinajstić information content (AvgIpc) is 3.07. The average molecular weight is 501 g/mol. The second-order valence-corrected chi connectivity index (χ2v) is 9.30. The molecule has 0 aromatic heterocycles. The van der Waals surface area contributed by atoms with Crippen molar-refractivity contribution in [3.8, 4) is 5.75 Å². The van der Waals surface area contributed by atoms with Gasteiger partial charge in [0, 0.05) is 22.0 Å². The third-order valence-corrected chi connectivity index (χ3v) is 6.75. The van der Waals surface area contributed by atoms with Gasteiger partial charge in [-0.05, 0) is 66.7 Å². The Labute approximate surface area is 204 Å². The van der Waals surface area contributed by atoms with Crippen LogP contribution in [0.25, 0.3) is 0 Å². The smallest absolute Gasteiger partial charge is 0.257 e. The van der Waals surface area contributed by atoms with Gasteiger partial charge in [-0.2, -0.15) is 0 Å². The number of carbonyl (C=O) groups excluding carboxylic acids is 3. The molecule has 9 heteroatoms. The van der Waals surface area contributed by atoms with Gasteiger partial charge in [-0.3, -0.25) is 14.4 Å². The number of thioether (sulfide) groups is 1. The molecule has 1 saturated heterocycles. The highest BCUT2D eigenvalue weighted by molar-refractivity contribution is 8.00. The van der Waals surface area contributed by atoms with Gasteiger partial charge in [-0.1, -0.05) is 23.2 Å². The molecule has 1 heterocycles. The van der Waals surface area contributed by atoms with Gasteiger partial charge in [0.05, 0.1) is 28.6 Å². The van der Waals surface area contributed by atoms with Crippen LogP contribution < -0.4 is 15.0 Å². The van der Waals surface area contributed by atoms with Gasteiger partial charge >= 0.3 is 0 Å². The van der Waals surface area contributed by atoms with Crippen molar-refractivity contribution in [2.45, 2.75) is 16.6 Å². The minimum Gasteiger partial charge on any atom is -0.497 e. The van der Waals surface area contributed by atoms with Gasteiger partial charge in [0.15, 0.2) is 0 Å². The van der Waals surface area contributed by atoms with E-state index in [1.165, 1.54) is 22.7 Å². The summed E-state index contributed by atoms with van der Waals surface area (Å²) in [6.07, 6.45) is 0.114. The van der Waals surface area contributed by atoms with Crippen LogP contribution >= 0.6 is 35.0 Å². The summed E-state index contributed by atoms with van der Waals surface area (Å²) in [4.78, 5) is 39.8. The van der Waals surface area contributed by atoms with Crippen LogP contribution in [0.3, 0.4) is 0 Å². The Morgan fingerprint density at radius 1 is 1.03 bits per heavy atom. The largest absolute Gasteiger partial charge is 0.497 e. The van der Waals surface area contributed by atoms with Crippen LogP contribution in [-0.2, 0) is 9.59 Å². The summed E-state index contributed by atoms with van der Waals surface area (Å²) in [5.74, 6) is -0.214. The highest BCUT2D eigenvalue weighted by atomic mass is 35.5. The molecule has 6 nitrogen and oxygen atoms in total. The molecule has 3 aromatic rings. The van der Waals surface area contributed by atoms with E-state index in [0.717, 1.165) is 4.90 Å². The number of carbonyl (C=O) groups is 3. The number of hydrogen-bond donors (Lipinski definition) is 1. The van der Waals surface area contributed by atoms with E-state index in [9.17, 15) is 14.4 Å². The Balaban J connectivity index is 1.41. The zero-order valence-corrected chi connectivity index (χ0v) is 19.7. The zero-order valence-electron chi connectivity index (χ0n) is 17.4. The fraction of sp³-hybridized carbons (Fsp3) is 0.125. The zero-order chi connectivity index (χ0) is 23.5. The van der Waals surface area contributed by atoms with Gasteiger partial charge < -0.3 is 10.1 Å². The summed E-state index contributed by atoms with van der Waals surface area (Å²) >= 11 is 13.3. The van der Waals surface area contributed by atoms with Crippen LogP contribution in [0.1, 0.15) is 16.8 Å². The summed E-state index contributed by atoms with van der Waals surface area (Å²) in [5.41, 5.74) is 1.41. The molecule has 4 rings (SSSR count). The van der Waals surface area contributed by atoms with Gasteiger partial charge in [-0.15, -0.1) is 11.8 Å². The highest BCUT2D eigenvalue weighted by Crippen LogP contribution is 2.35. The number of methoxy groups -OCH3 is 1. The van der Waals surface area contributed by atoms with Crippen molar-refractivity contribution in [2.24, 2.45) is 0 Å². The number of nitrogens with one attached hydrogen (secondary N) is 1. The first kappa shape index (κ1) is 23.2. The molecule has 0 bridgehead atoms. The highest BCUT2D eigenvalue weighted by Gasteiger charge is 2.40. The lowest BCUT2D eigenvalue weighted by Crippen LogP contribution is -2.31. The number of amides is 3. The van der Waals surface area contributed by atoms with Crippen molar-refractivity contribution in [1.82, 2.24) is 0 Å². The second-order valence-electron chi connectivity index (χ2n) is 7.18. The summed E-state index contributed by atoms with van der Waals surface area (Å²) in [5, 5.41) is 2.97. The third kappa shape index (κ3) is 5.16. The fourth-order valence-electron chi connectivity index (χ4n) is 3.35. The Kier molecular flexibility index (Phi) is 6.93. The third-order valence-electron chi connectivity index (χ3n) is 5.00. The summed E-state index contributed by atoms with van der Waals surface area (Å²) < 4.78 is 5.12. The van der Waals surface area contributed by atoms with E-state index >= 15 is 0 Å². The first-order chi connectivity index (χ1) is 15.9. The summed E-state index contributed by atoms with van der Waals surface area (Å²) in [6.45, 7) is 0. The Bertz CT molecular complexity index is 1220. The molecule has 33 heavy (non-hydrogen) atoms. The number of hydrogen-bond acceptors (Lipinski definition) is 5. The maximum absolute atomic E-state index is 12.9. The molecule has 1 aliphatic rings. The van der Waals surface area contributed by atoms with Crippen molar-refractivity contribution in [1.29, 1.82) is 0 Å². The van der Waals surface area contributed by atoms with Crippen LogP contribution in [0.4, 0.5) is 11.4 Å². The number of benzene rings is 3. The lowest BCUT2D eigenvalue weighted by Gasteiger charge is -2.15. The molecule has 168 valence electrons. The summed E-state index contributed by atoms with van der Waals surface area (Å²) in [6, 6.07) is 18.5. The Morgan fingerprint density at radius 3 is 2.36 bits per heavy atom. The molecule has 0 spiro atoms. The molecule has 1 aliphatic heterocycles. The van der Waals surface area contributed by atoms with Crippen LogP contribution in [0.5, 0.6) is 5.75 Å². The van der Waals surface area contributed by atoms with Crippen molar-refractivity contribution < 1.29 is 19.1 Å². The monoisotopic (exact) mass is 500 g/mol. The van der Waals surface area contributed by atoms with E-state index in [0.29, 0.717) is 27.7 Å². The maximum Gasteiger partial charge on any atom is 0.257 e. The van der Waals surface area contributed by atoms with Crippen LogP contribution in [-0.4, -0.2) is 30.1 Å². The van der Waals surface area contributed by atoms with E-state index in [2.05, 4.69) is 5.32 Å². The molecule has 0 saturated carbocycles. The Hall–Kier alpha value is -3.00. The lowest BCUT2D eigenvalue weighted by molar-refractivity contribution is -0.121. The quantitative estimate of drug-likeness (QED) is 0.440. The number of ether oxygens (including phenoxy) is 1. The number of imide groups is 1. The molecule has 1 atom stereocenters. The summed E-state index contributed by atoms with van der Waals surface area (Å²) in [7, 11) is 1.55. The topological polar surface area (TPSA) is 75.7 Å². The molecule has 1 N–H and O–H groups in total. The van der Waals surface area contributed by atoms with Crippen LogP contribution in [0, 0.1) is 0 Å². The van der Waals surface area contributed by atoms with E-state index < -0.39 is 5.25 Å². The molecule has 1 unspecified atom stereocenters. The molecule has 0 aliphatic carbocycles. The van der Waals surface area contributed by atoms with Crippen molar-refractivity contribution in [3.05, 3.63) is 82.3 Å². The predicted octanol–water partition coefficient (Wildman–Crippen LogP) is 5.68. The van der Waals surface area contributed by atoms with E-state index in [1.54, 1.807) is 67.8 Å². The van der Waals surface area contributed by atoms with Gasteiger partial charge in [0.2, 0.25) is 11.8 Å². The number of halogens is 2. The standard InChI is InChI=1S/C24H18Cl2N2O4S/c1-32-17-7-5-16(6-8-17)28-22(29)13-21(24(28)31)33-18-9-3-15(4-10-18)27-23(30)19-11-2-14(25)12-20(19)26/h2-12,21H,13H2,1H3,(H,27,30).